The molecular weight excluding hydrogens is 508 g/mol. The van der Waals surface area contributed by atoms with Crippen LogP contribution in [0.1, 0.15) is 30.2 Å². The molecule has 1 aliphatic rings. The number of anilines is 1. The molecular formula is C22H29Cl4N5O2. The van der Waals surface area contributed by atoms with E-state index in [-0.39, 0.29) is 42.7 Å². The predicted molar refractivity (Wildman–Crippen MR) is 137 cm³/mol. The highest BCUT2D eigenvalue weighted by molar-refractivity contribution is 6.42. The topological polar surface area (TPSA) is 109 Å². The highest BCUT2D eigenvalue weighted by Crippen LogP contribution is 2.26. The summed E-state index contributed by atoms with van der Waals surface area (Å²) in [6.07, 6.45) is 1.50. The van der Waals surface area contributed by atoms with Crippen molar-refractivity contribution < 1.29 is 9.59 Å². The van der Waals surface area contributed by atoms with E-state index in [4.69, 9.17) is 28.9 Å². The number of aryl methyl sites for hydroxylation is 1. The lowest BCUT2D eigenvalue weighted by atomic mass is 9.96. The summed E-state index contributed by atoms with van der Waals surface area (Å²) in [4.78, 5) is 29.2. The number of hydrogen-bond donors (Lipinski definition) is 4. The van der Waals surface area contributed by atoms with Crippen molar-refractivity contribution in [3.63, 3.8) is 0 Å². The van der Waals surface area contributed by atoms with Gasteiger partial charge in [0.1, 0.15) is 11.9 Å². The predicted octanol–water partition coefficient (Wildman–Crippen LogP) is 3.46. The SMILES string of the molecule is Cc1nc(N)ccc1CNC(=O)[C@H](C)NC(=O)[C@H]1C[C@H](Cc2ccc(Cl)c(Cl)c2)CN1.Cl.Cl. The Kier molecular flexibility index (Phi) is 11.7. The third-order valence-corrected chi connectivity index (χ3v) is 6.21. The van der Waals surface area contributed by atoms with Gasteiger partial charge in [-0.15, -0.1) is 24.8 Å². The first-order valence-electron chi connectivity index (χ1n) is 10.2. The number of benzene rings is 1. The molecule has 2 heterocycles. The van der Waals surface area contributed by atoms with E-state index >= 15 is 0 Å². The number of nitrogens with zero attached hydrogens (tertiary/aromatic N) is 1. The van der Waals surface area contributed by atoms with E-state index in [1.54, 1.807) is 19.1 Å². The van der Waals surface area contributed by atoms with Crippen LogP contribution in [0.25, 0.3) is 0 Å². The molecule has 0 aliphatic carbocycles. The van der Waals surface area contributed by atoms with Gasteiger partial charge in [-0.1, -0.05) is 35.3 Å². The molecule has 3 rings (SSSR count). The number of carbonyl (C=O) groups excluding carboxylic acids is 2. The lowest BCUT2D eigenvalue weighted by Crippen LogP contribution is -2.50. The maximum atomic E-state index is 12.6. The van der Waals surface area contributed by atoms with Crippen LogP contribution in [-0.4, -0.2) is 35.4 Å². The van der Waals surface area contributed by atoms with Crippen molar-refractivity contribution >= 4 is 65.6 Å². The van der Waals surface area contributed by atoms with E-state index < -0.39 is 6.04 Å². The van der Waals surface area contributed by atoms with Gasteiger partial charge in [-0.05, 0) is 68.5 Å². The number of carbonyl (C=O) groups is 2. The molecule has 0 radical (unpaired) electrons. The van der Waals surface area contributed by atoms with Crippen LogP contribution in [-0.2, 0) is 22.6 Å². The van der Waals surface area contributed by atoms with Crippen molar-refractivity contribution in [2.75, 3.05) is 12.3 Å². The zero-order valence-corrected chi connectivity index (χ0v) is 21.5. The van der Waals surface area contributed by atoms with Gasteiger partial charge in [-0.2, -0.15) is 0 Å². The largest absolute Gasteiger partial charge is 0.384 e. The highest BCUT2D eigenvalue weighted by Gasteiger charge is 2.31. The number of halogens is 4. The van der Waals surface area contributed by atoms with Crippen molar-refractivity contribution in [3.05, 3.63) is 57.2 Å². The summed E-state index contributed by atoms with van der Waals surface area (Å²) >= 11 is 12.1. The molecule has 1 aromatic carbocycles. The minimum atomic E-state index is -0.648. The Morgan fingerprint density at radius 2 is 1.94 bits per heavy atom. The second-order valence-electron chi connectivity index (χ2n) is 7.94. The van der Waals surface area contributed by atoms with Crippen LogP contribution in [0.4, 0.5) is 5.82 Å². The number of nitrogens with one attached hydrogen (secondary N) is 3. The van der Waals surface area contributed by atoms with Crippen molar-refractivity contribution in [2.45, 2.75) is 45.3 Å². The fourth-order valence-corrected chi connectivity index (χ4v) is 4.00. The minimum Gasteiger partial charge on any atom is -0.384 e. The van der Waals surface area contributed by atoms with Crippen LogP contribution in [0.2, 0.25) is 10.0 Å². The van der Waals surface area contributed by atoms with E-state index in [0.717, 1.165) is 29.8 Å². The van der Waals surface area contributed by atoms with Crippen LogP contribution in [0.5, 0.6) is 0 Å². The van der Waals surface area contributed by atoms with Crippen LogP contribution < -0.4 is 21.7 Å². The lowest BCUT2D eigenvalue weighted by Gasteiger charge is -2.17. The smallest absolute Gasteiger partial charge is 0.242 e. The van der Waals surface area contributed by atoms with Gasteiger partial charge in [0, 0.05) is 12.2 Å². The summed E-state index contributed by atoms with van der Waals surface area (Å²) in [6, 6.07) is 8.15. The summed E-state index contributed by atoms with van der Waals surface area (Å²) in [6.45, 7) is 4.56. The van der Waals surface area contributed by atoms with Crippen molar-refractivity contribution in [3.8, 4) is 0 Å². The number of aromatic nitrogens is 1. The molecule has 11 heteroatoms. The fourth-order valence-electron chi connectivity index (χ4n) is 3.68. The molecule has 1 aliphatic heterocycles. The van der Waals surface area contributed by atoms with Gasteiger partial charge < -0.3 is 21.7 Å². The quantitative estimate of drug-likeness (QED) is 0.433. The molecule has 0 bridgehead atoms. The van der Waals surface area contributed by atoms with Crippen LogP contribution in [0.3, 0.4) is 0 Å². The monoisotopic (exact) mass is 535 g/mol. The maximum Gasteiger partial charge on any atom is 0.242 e. The molecule has 0 spiro atoms. The first-order chi connectivity index (χ1) is 14.7. The summed E-state index contributed by atoms with van der Waals surface area (Å²) < 4.78 is 0. The minimum absolute atomic E-state index is 0. The lowest BCUT2D eigenvalue weighted by molar-refractivity contribution is -0.129. The Bertz CT molecular complexity index is 976. The summed E-state index contributed by atoms with van der Waals surface area (Å²) in [5, 5.41) is 9.93. The van der Waals surface area contributed by atoms with Gasteiger partial charge in [0.25, 0.3) is 0 Å². The van der Waals surface area contributed by atoms with Gasteiger partial charge in [-0.3, -0.25) is 9.59 Å². The van der Waals surface area contributed by atoms with Gasteiger partial charge in [0.2, 0.25) is 11.8 Å². The molecule has 33 heavy (non-hydrogen) atoms. The Hall–Kier alpha value is -1.77. The van der Waals surface area contributed by atoms with Gasteiger partial charge in [0.15, 0.2) is 0 Å². The normalized spacial score (nSPS) is 17.9. The summed E-state index contributed by atoms with van der Waals surface area (Å²) in [5.41, 5.74) is 8.38. The number of nitrogen functional groups attached to an aromatic ring is 1. The van der Waals surface area contributed by atoms with E-state index in [9.17, 15) is 9.59 Å². The first kappa shape index (κ1) is 29.3. The Morgan fingerprint density at radius 1 is 1.21 bits per heavy atom. The standard InChI is InChI=1S/C22H27Cl2N5O2.2ClH/c1-12-16(4-6-20(25)28-12)11-27-21(30)13(2)29-22(31)19-9-15(10-26-19)7-14-3-5-17(23)18(24)8-14;;/h3-6,8,13,15,19,26H,7,9-11H2,1-2H3,(H2,25,28)(H,27,30)(H,29,31);2*1H/t13-,15-,19+;;/m0../s1. The molecule has 3 atom stereocenters. The fraction of sp³-hybridized carbons (Fsp3) is 0.409. The third kappa shape index (κ3) is 8.19. The van der Waals surface area contributed by atoms with Crippen LogP contribution in [0.15, 0.2) is 30.3 Å². The molecule has 1 saturated heterocycles. The van der Waals surface area contributed by atoms with E-state index in [2.05, 4.69) is 20.9 Å². The molecule has 2 amide bonds. The van der Waals surface area contributed by atoms with Gasteiger partial charge in [-0.25, -0.2) is 4.98 Å². The summed E-state index contributed by atoms with van der Waals surface area (Å²) in [7, 11) is 0. The molecule has 2 aromatic rings. The molecule has 182 valence electrons. The number of pyridine rings is 1. The number of hydrogen-bond acceptors (Lipinski definition) is 5. The first-order valence-corrected chi connectivity index (χ1v) is 11.0. The Labute approximate surface area is 216 Å². The number of amides is 2. The van der Waals surface area contributed by atoms with Crippen molar-refractivity contribution in [1.82, 2.24) is 20.9 Å². The molecule has 7 nitrogen and oxygen atoms in total. The van der Waals surface area contributed by atoms with E-state index in [0.29, 0.717) is 34.7 Å². The molecule has 0 saturated carbocycles. The zero-order chi connectivity index (χ0) is 22.5. The number of nitrogens with two attached hydrogens (primary N) is 1. The average Bonchev–Trinajstić information content (AvgIpc) is 3.18. The molecule has 1 fully saturated rings. The van der Waals surface area contributed by atoms with Crippen molar-refractivity contribution in [2.24, 2.45) is 5.92 Å². The third-order valence-electron chi connectivity index (χ3n) is 5.47. The van der Waals surface area contributed by atoms with E-state index in [1.165, 1.54) is 0 Å². The maximum absolute atomic E-state index is 12.6. The van der Waals surface area contributed by atoms with Gasteiger partial charge >= 0.3 is 0 Å². The Morgan fingerprint density at radius 3 is 2.61 bits per heavy atom. The highest BCUT2D eigenvalue weighted by atomic mass is 35.5. The zero-order valence-electron chi connectivity index (χ0n) is 18.4. The summed E-state index contributed by atoms with van der Waals surface area (Å²) in [5.74, 6) is 0.312. The molecule has 5 N–H and O–H groups in total. The van der Waals surface area contributed by atoms with Gasteiger partial charge in [0.05, 0.1) is 16.1 Å². The molecule has 1 aromatic heterocycles. The number of rotatable bonds is 7. The van der Waals surface area contributed by atoms with Crippen LogP contribution in [0, 0.1) is 12.8 Å². The van der Waals surface area contributed by atoms with Crippen LogP contribution >= 0.6 is 48.0 Å². The van der Waals surface area contributed by atoms with E-state index in [1.807, 2.05) is 25.1 Å². The average molecular weight is 537 g/mol. The van der Waals surface area contributed by atoms with Crippen molar-refractivity contribution in [1.29, 1.82) is 0 Å². The second kappa shape index (κ2) is 13.2. The molecule has 0 unspecified atom stereocenters. The second-order valence-corrected chi connectivity index (χ2v) is 8.76. The Balaban J connectivity index is 0.00000272.